The van der Waals surface area contributed by atoms with E-state index in [1.807, 2.05) is 17.8 Å². The summed E-state index contributed by atoms with van der Waals surface area (Å²) >= 11 is 3.68. The van der Waals surface area contributed by atoms with Crippen LogP contribution in [0.3, 0.4) is 0 Å². The second-order valence-electron chi connectivity index (χ2n) is 17.3. The standard InChI is InChI=1S/C36H48S4Si2.6CH3.2Sn/c1-7-21-41(22-8-2,23-9-3)31-15-13-29(39-31)33-27-17-19-38-36(27)34(28-18-20-37-35(28)33)30-14-16-32(40-30)42(24-10-4,25-11-5)26-12-6;;;;;;;;/h13-17,19H,7-12,21-26H2,1-6H3;6*1H3;;. The first-order valence-electron chi connectivity index (χ1n) is 20.0. The zero-order valence-corrected chi connectivity index (χ0v) is 44.6. The van der Waals surface area contributed by atoms with E-state index in [1.54, 1.807) is 44.7 Å². The van der Waals surface area contributed by atoms with Crippen LogP contribution in [0.5, 0.6) is 0 Å². The molecule has 4 heterocycles. The van der Waals surface area contributed by atoms with E-state index >= 15 is 0 Å². The molecule has 0 atom stereocenters. The molecule has 0 spiro atoms. The van der Waals surface area contributed by atoms with Gasteiger partial charge in [-0.2, -0.15) is 0 Å². The molecule has 0 nitrogen and oxygen atoms in total. The van der Waals surface area contributed by atoms with E-state index in [-0.39, 0.29) is 0 Å². The Balaban J connectivity index is 1.88. The first-order chi connectivity index (χ1) is 23.8. The molecule has 0 aliphatic rings. The van der Waals surface area contributed by atoms with Gasteiger partial charge in [0.15, 0.2) is 0 Å². The summed E-state index contributed by atoms with van der Waals surface area (Å²) in [6, 6.07) is 21.6. The van der Waals surface area contributed by atoms with Crippen LogP contribution >= 0.6 is 45.3 Å². The van der Waals surface area contributed by atoms with Gasteiger partial charge in [-0.05, 0) is 0 Å². The maximum atomic E-state index is 2.71. The van der Waals surface area contributed by atoms with Gasteiger partial charge >= 0.3 is 336 Å². The van der Waals surface area contributed by atoms with Crippen LogP contribution in [0.1, 0.15) is 80.1 Å². The van der Waals surface area contributed by atoms with Crippen molar-refractivity contribution < 1.29 is 0 Å². The molecule has 0 saturated heterocycles. The maximum absolute atomic E-state index is 2.71. The summed E-state index contributed by atoms with van der Waals surface area (Å²) in [4.78, 5) is 19.3. The molecule has 1 aromatic carbocycles. The summed E-state index contributed by atoms with van der Waals surface area (Å²) in [7, 11) is -3.04. The summed E-state index contributed by atoms with van der Waals surface area (Å²) in [5.74, 6) is 0. The molecule has 0 aliphatic heterocycles. The molecule has 50 heavy (non-hydrogen) atoms. The average molecular weight is 993 g/mol. The molecule has 5 rings (SSSR count). The number of benzene rings is 1. The van der Waals surface area contributed by atoms with Crippen molar-refractivity contribution in [2.75, 3.05) is 0 Å². The Morgan fingerprint density at radius 2 is 0.940 bits per heavy atom. The van der Waals surface area contributed by atoms with Crippen molar-refractivity contribution in [3.05, 3.63) is 35.7 Å². The second kappa shape index (κ2) is 17.2. The van der Waals surface area contributed by atoms with Gasteiger partial charge in [0.1, 0.15) is 0 Å². The second-order valence-corrected chi connectivity index (χ2v) is 60.9. The Labute approximate surface area is 332 Å². The van der Waals surface area contributed by atoms with E-state index in [0.717, 1.165) is 0 Å². The van der Waals surface area contributed by atoms with Gasteiger partial charge in [-0.25, -0.2) is 0 Å². The molecule has 0 N–H and O–H groups in total. The Bertz CT molecular complexity index is 1840. The van der Waals surface area contributed by atoms with Crippen LogP contribution in [-0.4, -0.2) is 52.9 Å². The van der Waals surface area contributed by atoms with Crippen LogP contribution in [0.25, 0.3) is 41.1 Å². The van der Waals surface area contributed by atoms with Gasteiger partial charge in [0, 0.05) is 0 Å². The minimum atomic E-state index is -2.60. The Morgan fingerprint density at radius 1 is 0.500 bits per heavy atom. The Kier molecular flexibility index (Phi) is 14.3. The summed E-state index contributed by atoms with van der Waals surface area (Å²) in [6.07, 6.45) is 7.94. The molecule has 0 aliphatic carbocycles. The van der Waals surface area contributed by atoms with Crippen molar-refractivity contribution in [1.82, 2.24) is 0 Å². The van der Waals surface area contributed by atoms with Crippen molar-refractivity contribution in [3.8, 4) is 20.9 Å². The third-order valence-electron chi connectivity index (χ3n) is 11.1. The van der Waals surface area contributed by atoms with Crippen molar-refractivity contribution in [2.24, 2.45) is 0 Å². The zero-order valence-electron chi connectivity index (χ0n) is 33.6. The summed E-state index contributed by atoms with van der Waals surface area (Å²) in [5, 5.41) is 5.66. The molecular weight excluding hydrogens is 926 g/mol. The fourth-order valence-electron chi connectivity index (χ4n) is 9.38. The molecule has 0 bridgehead atoms. The first-order valence-corrected chi connectivity index (χ1v) is 48.5. The monoisotopic (exact) mass is 994 g/mol. The zero-order chi connectivity index (χ0) is 36.5. The third-order valence-corrected chi connectivity index (χ3v) is 47.1. The van der Waals surface area contributed by atoms with Crippen LogP contribution in [-0.2, 0) is 0 Å². The molecule has 4 aromatic heterocycles. The summed E-state index contributed by atoms with van der Waals surface area (Å²) in [5.41, 5.74) is 3.22. The SMILES string of the molecule is CCC[Si](CCC)(CCC)c1ccc(-c2c3ccsc3c(-c3ccc([Si](CCC)(CCC)CCC)s3)c3[c]([Sn]([CH3])([CH3])[CH3])[c]([Sn]([CH3])([CH3])[CH3])sc23)s1. The number of hydrogen-bond donors (Lipinski definition) is 0. The Hall–Kier alpha value is 0.571. The van der Waals surface area contributed by atoms with E-state index in [9.17, 15) is 0 Å². The van der Waals surface area contributed by atoms with Gasteiger partial charge in [-0.3, -0.25) is 0 Å². The van der Waals surface area contributed by atoms with Gasteiger partial charge in [-0.15, -0.1) is 0 Å². The molecule has 0 amide bonds. The van der Waals surface area contributed by atoms with E-state index in [1.165, 1.54) is 80.2 Å². The van der Waals surface area contributed by atoms with E-state index in [2.05, 4.69) is 141 Å². The molecule has 0 unspecified atom stereocenters. The average Bonchev–Trinajstić information content (AvgIpc) is 3.85. The first kappa shape index (κ1) is 41.7. The van der Waals surface area contributed by atoms with Crippen molar-refractivity contribution in [1.29, 1.82) is 0 Å². The molecule has 0 radical (unpaired) electrons. The quantitative estimate of drug-likeness (QED) is 0.0768. The molecule has 0 saturated carbocycles. The van der Waals surface area contributed by atoms with Gasteiger partial charge in [-0.1, -0.05) is 0 Å². The predicted octanol–water partition coefficient (Wildman–Crippen LogP) is 14.4. The van der Waals surface area contributed by atoms with Crippen LogP contribution < -0.4 is 15.5 Å². The fourth-order valence-corrected chi connectivity index (χ4v) is 55.2. The van der Waals surface area contributed by atoms with Crippen molar-refractivity contribution >= 4 is 134 Å². The fraction of sp³-hybridized carbons (Fsp3) is 0.571. The number of hydrogen-bond acceptors (Lipinski definition) is 4. The molecular formula is C42H66S4Si2Sn2. The van der Waals surface area contributed by atoms with E-state index < -0.39 is 52.9 Å². The predicted molar refractivity (Wildman–Crippen MR) is 251 cm³/mol. The minimum absolute atomic E-state index is 1.32. The summed E-state index contributed by atoms with van der Waals surface area (Å²) in [6.45, 7) is 14.6. The van der Waals surface area contributed by atoms with E-state index in [4.69, 9.17) is 0 Å². The van der Waals surface area contributed by atoms with Crippen molar-refractivity contribution in [2.45, 2.75) is 146 Å². The van der Waals surface area contributed by atoms with Gasteiger partial charge in [0.05, 0.1) is 0 Å². The van der Waals surface area contributed by atoms with Crippen LogP contribution in [0.2, 0.25) is 65.9 Å². The van der Waals surface area contributed by atoms with Gasteiger partial charge < -0.3 is 0 Å². The summed E-state index contributed by atoms with van der Waals surface area (Å²) < 4.78 is 10.6. The molecule has 0 fully saturated rings. The van der Waals surface area contributed by atoms with Crippen LogP contribution in [0.15, 0.2) is 35.7 Å². The van der Waals surface area contributed by atoms with Gasteiger partial charge in [0.2, 0.25) is 0 Å². The molecule has 5 aromatic rings. The molecule has 274 valence electrons. The third kappa shape index (κ3) is 8.09. The molecule has 8 heteroatoms. The topological polar surface area (TPSA) is 0 Å². The Morgan fingerprint density at radius 3 is 1.34 bits per heavy atom. The number of thiophene rings is 4. The van der Waals surface area contributed by atoms with Crippen LogP contribution in [0, 0.1) is 0 Å². The van der Waals surface area contributed by atoms with E-state index in [0.29, 0.717) is 0 Å². The number of rotatable bonds is 18. The normalized spacial score (nSPS) is 13.4. The van der Waals surface area contributed by atoms with Crippen molar-refractivity contribution in [3.63, 3.8) is 0 Å². The number of fused-ring (bicyclic) bond motifs is 2. The van der Waals surface area contributed by atoms with Gasteiger partial charge in [0.25, 0.3) is 0 Å². The van der Waals surface area contributed by atoms with Crippen LogP contribution in [0.4, 0.5) is 0 Å².